The van der Waals surface area contributed by atoms with Crippen LogP contribution in [0.25, 0.3) is 0 Å². The zero-order valence-corrected chi connectivity index (χ0v) is 14.0. The molecule has 21 heavy (non-hydrogen) atoms. The summed E-state index contributed by atoms with van der Waals surface area (Å²) in [6.45, 7) is 4.22. The SMILES string of the molecule is CCN(CCCNCc1ccc(CC(=O)O)s1)S(C)(=O)=O. The highest BCUT2D eigenvalue weighted by Gasteiger charge is 2.13. The average molecular weight is 334 g/mol. The summed E-state index contributed by atoms with van der Waals surface area (Å²) in [6, 6.07) is 3.75. The van der Waals surface area contributed by atoms with Crippen LogP contribution in [-0.4, -0.2) is 49.7 Å². The van der Waals surface area contributed by atoms with Crippen LogP contribution >= 0.6 is 11.3 Å². The quantitative estimate of drug-likeness (QED) is 0.627. The van der Waals surface area contributed by atoms with E-state index < -0.39 is 16.0 Å². The van der Waals surface area contributed by atoms with Crippen molar-refractivity contribution in [3.05, 3.63) is 21.9 Å². The van der Waals surface area contributed by atoms with E-state index >= 15 is 0 Å². The minimum Gasteiger partial charge on any atom is -0.481 e. The van der Waals surface area contributed by atoms with Crippen LogP contribution < -0.4 is 5.32 Å². The van der Waals surface area contributed by atoms with Crippen LogP contribution in [0.5, 0.6) is 0 Å². The summed E-state index contributed by atoms with van der Waals surface area (Å²) < 4.78 is 24.2. The Labute approximate surface area is 129 Å². The third kappa shape index (κ3) is 7.03. The molecular formula is C13H22N2O4S2. The molecule has 0 aliphatic heterocycles. The lowest BCUT2D eigenvalue weighted by Gasteiger charge is -2.17. The highest BCUT2D eigenvalue weighted by Crippen LogP contribution is 2.16. The number of nitrogens with one attached hydrogen (secondary N) is 1. The van der Waals surface area contributed by atoms with Gasteiger partial charge in [-0.3, -0.25) is 4.79 Å². The highest BCUT2D eigenvalue weighted by molar-refractivity contribution is 7.88. The van der Waals surface area contributed by atoms with Crippen molar-refractivity contribution in [2.75, 3.05) is 25.9 Å². The molecule has 0 fully saturated rings. The maximum atomic E-state index is 11.4. The topological polar surface area (TPSA) is 86.7 Å². The summed E-state index contributed by atoms with van der Waals surface area (Å²) in [7, 11) is -3.11. The Hall–Kier alpha value is -0.960. The molecule has 120 valence electrons. The minimum absolute atomic E-state index is 0.0600. The smallest absolute Gasteiger partial charge is 0.308 e. The molecule has 0 saturated heterocycles. The van der Waals surface area contributed by atoms with Gasteiger partial charge in [-0.05, 0) is 25.1 Å². The van der Waals surface area contributed by atoms with Gasteiger partial charge in [-0.1, -0.05) is 6.92 Å². The van der Waals surface area contributed by atoms with Crippen molar-refractivity contribution >= 4 is 27.3 Å². The van der Waals surface area contributed by atoms with E-state index in [1.165, 1.54) is 21.9 Å². The fourth-order valence-corrected chi connectivity index (χ4v) is 3.82. The maximum absolute atomic E-state index is 11.4. The summed E-state index contributed by atoms with van der Waals surface area (Å²) >= 11 is 1.48. The zero-order chi connectivity index (χ0) is 15.9. The molecule has 1 heterocycles. The Balaban J connectivity index is 2.25. The highest BCUT2D eigenvalue weighted by atomic mass is 32.2. The summed E-state index contributed by atoms with van der Waals surface area (Å²) in [5.41, 5.74) is 0. The second-order valence-corrected chi connectivity index (χ2v) is 7.96. The fraction of sp³-hybridized carbons (Fsp3) is 0.615. The van der Waals surface area contributed by atoms with Crippen LogP contribution in [0.15, 0.2) is 12.1 Å². The first kappa shape index (κ1) is 18.1. The Morgan fingerprint density at radius 3 is 2.62 bits per heavy atom. The average Bonchev–Trinajstić information content (AvgIpc) is 2.78. The molecule has 0 saturated carbocycles. The Morgan fingerprint density at radius 2 is 2.05 bits per heavy atom. The summed E-state index contributed by atoms with van der Waals surface area (Å²) in [5.74, 6) is -0.822. The van der Waals surface area contributed by atoms with Crippen molar-refractivity contribution in [3.8, 4) is 0 Å². The van der Waals surface area contributed by atoms with Crippen molar-refractivity contribution in [2.45, 2.75) is 26.3 Å². The second-order valence-electron chi connectivity index (χ2n) is 4.72. The van der Waals surface area contributed by atoms with Crippen LogP contribution in [0.1, 0.15) is 23.1 Å². The molecule has 0 atom stereocenters. The second kappa shape index (κ2) is 8.47. The lowest BCUT2D eigenvalue weighted by Crippen LogP contribution is -2.32. The van der Waals surface area contributed by atoms with Gasteiger partial charge in [0.25, 0.3) is 0 Å². The molecule has 0 aromatic carbocycles. The molecule has 0 radical (unpaired) electrons. The first-order valence-electron chi connectivity index (χ1n) is 6.78. The van der Waals surface area contributed by atoms with E-state index in [1.807, 2.05) is 19.1 Å². The van der Waals surface area contributed by atoms with Gasteiger partial charge in [-0.25, -0.2) is 12.7 Å². The predicted molar refractivity (Wildman–Crippen MR) is 84.1 cm³/mol. The van der Waals surface area contributed by atoms with Crippen LogP contribution in [0.3, 0.4) is 0 Å². The molecule has 1 rings (SSSR count). The van der Waals surface area contributed by atoms with Crippen molar-refractivity contribution in [1.82, 2.24) is 9.62 Å². The van der Waals surface area contributed by atoms with Gasteiger partial charge in [0.1, 0.15) is 0 Å². The number of nitrogens with zero attached hydrogens (tertiary/aromatic N) is 1. The van der Waals surface area contributed by atoms with Crippen LogP contribution in [0, 0.1) is 0 Å². The Bertz CT molecular complexity index is 554. The van der Waals surface area contributed by atoms with Crippen molar-refractivity contribution < 1.29 is 18.3 Å². The Morgan fingerprint density at radius 1 is 1.38 bits per heavy atom. The van der Waals surface area contributed by atoms with Crippen molar-refractivity contribution in [2.24, 2.45) is 0 Å². The Kier molecular flexibility index (Phi) is 7.30. The molecule has 0 bridgehead atoms. The third-order valence-corrected chi connectivity index (χ3v) is 5.39. The number of carboxylic acids is 1. The minimum atomic E-state index is -3.11. The predicted octanol–water partition coefficient (Wildman–Crippen LogP) is 1.14. The van der Waals surface area contributed by atoms with Gasteiger partial charge in [0.15, 0.2) is 0 Å². The van der Waals surface area contributed by atoms with Crippen LogP contribution in [-0.2, 0) is 27.8 Å². The molecule has 2 N–H and O–H groups in total. The normalized spacial score (nSPS) is 12.0. The molecule has 0 spiro atoms. The number of aliphatic carboxylic acids is 1. The van der Waals surface area contributed by atoms with Gasteiger partial charge in [-0.15, -0.1) is 11.3 Å². The van der Waals surface area contributed by atoms with Crippen LogP contribution in [0.2, 0.25) is 0 Å². The first-order chi connectivity index (χ1) is 9.82. The molecule has 0 aliphatic rings. The molecular weight excluding hydrogens is 312 g/mol. The van der Waals surface area contributed by atoms with Gasteiger partial charge in [-0.2, -0.15) is 0 Å². The number of carbonyl (C=O) groups is 1. The van der Waals surface area contributed by atoms with E-state index in [0.717, 1.165) is 22.7 Å². The molecule has 0 amide bonds. The fourth-order valence-electron chi connectivity index (χ4n) is 1.91. The number of rotatable bonds is 10. The molecule has 8 heteroatoms. The van der Waals surface area contributed by atoms with E-state index in [-0.39, 0.29) is 6.42 Å². The van der Waals surface area contributed by atoms with E-state index in [1.54, 1.807) is 0 Å². The molecule has 0 unspecified atom stereocenters. The summed E-state index contributed by atoms with van der Waals surface area (Å²) in [4.78, 5) is 12.5. The molecule has 0 aliphatic carbocycles. The molecule has 6 nitrogen and oxygen atoms in total. The van der Waals surface area contributed by atoms with Gasteiger partial charge in [0.05, 0.1) is 12.7 Å². The van der Waals surface area contributed by atoms with Gasteiger partial charge in [0.2, 0.25) is 10.0 Å². The first-order valence-corrected chi connectivity index (χ1v) is 9.44. The van der Waals surface area contributed by atoms with Crippen LogP contribution in [0.4, 0.5) is 0 Å². The van der Waals surface area contributed by atoms with Gasteiger partial charge >= 0.3 is 5.97 Å². The van der Waals surface area contributed by atoms with Crippen molar-refractivity contribution in [3.63, 3.8) is 0 Å². The van der Waals surface area contributed by atoms with E-state index in [0.29, 0.717) is 19.6 Å². The summed E-state index contributed by atoms with van der Waals surface area (Å²) in [5, 5.41) is 11.9. The zero-order valence-electron chi connectivity index (χ0n) is 12.3. The van der Waals surface area contributed by atoms with E-state index in [9.17, 15) is 13.2 Å². The number of hydrogen-bond donors (Lipinski definition) is 2. The standard InChI is InChI=1S/C13H22N2O4S2/c1-3-15(21(2,18)19)8-4-7-14-10-12-6-5-11(20-12)9-13(16)17/h5-6,14H,3-4,7-10H2,1-2H3,(H,16,17). The lowest BCUT2D eigenvalue weighted by atomic mass is 10.3. The number of sulfonamides is 1. The monoisotopic (exact) mass is 334 g/mol. The third-order valence-electron chi connectivity index (χ3n) is 2.92. The summed E-state index contributed by atoms with van der Waals surface area (Å²) in [6.07, 6.45) is 2.03. The molecule has 1 aromatic heterocycles. The maximum Gasteiger partial charge on any atom is 0.308 e. The molecule has 1 aromatic rings. The van der Waals surface area contributed by atoms with Crippen molar-refractivity contribution in [1.29, 1.82) is 0 Å². The number of thiophene rings is 1. The van der Waals surface area contributed by atoms with E-state index in [2.05, 4.69) is 5.32 Å². The lowest BCUT2D eigenvalue weighted by molar-refractivity contribution is -0.136. The largest absolute Gasteiger partial charge is 0.481 e. The van der Waals surface area contributed by atoms with Gasteiger partial charge < -0.3 is 10.4 Å². The number of hydrogen-bond acceptors (Lipinski definition) is 5. The van der Waals surface area contributed by atoms with E-state index in [4.69, 9.17) is 5.11 Å². The van der Waals surface area contributed by atoms with Gasteiger partial charge in [0, 0.05) is 29.4 Å². The number of carboxylic acid groups (broad SMARTS) is 1.